The lowest BCUT2D eigenvalue weighted by Gasteiger charge is -2.18. The van der Waals surface area contributed by atoms with E-state index in [-0.39, 0.29) is 18.4 Å². The van der Waals surface area contributed by atoms with E-state index in [1.807, 2.05) is 6.92 Å². The number of aliphatic carboxylic acids is 1. The Balaban J connectivity index is 3.16. The van der Waals surface area contributed by atoms with Gasteiger partial charge in [-0.2, -0.15) is 0 Å². The molecule has 1 aromatic carbocycles. The maximum absolute atomic E-state index is 12.5. The Labute approximate surface area is 157 Å². The molecule has 0 heterocycles. The number of rotatable bonds is 12. The van der Waals surface area contributed by atoms with Gasteiger partial charge in [-0.3, -0.25) is 9.59 Å². The summed E-state index contributed by atoms with van der Waals surface area (Å²) in [4.78, 5) is 34.7. The third-order valence-electron chi connectivity index (χ3n) is 3.45. The van der Waals surface area contributed by atoms with Crippen LogP contribution in [-0.4, -0.2) is 48.8 Å². The molecule has 0 radical (unpaired) electrons. The van der Waals surface area contributed by atoms with Crippen LogP contribution in [0.4, 0.5) is 0 Å². The molecular weight excluding hydrogens is 356 g/mol. The van der Waals surface area contributed by atoms with Gasteiger partial charge in [-0.15, -0.1) is 0 Å². The molecule has 0 aliphatic rings. The van der Waals surface area contributed by atoms with E-state index in [1.165, 1.54) is 12.1 Å². The molecule has 1 atom stereocenters. The van der Waals surface area contributed by atoms with Crippen molar-refractivity contribution in [3.05, 3.63) is 17.7 Å². The fourth-order valence-electron chi connectivity index (χ4n) is 2.31. The van der Waals surface area contributed by atoms with Crippen molar-refractivity contribution in [1.82, 2.24) is 5.32 Å². The number of primary amides is 1. The topological polar surface area (TPSA) is 137 Å². The third kappa shape index (κ3) is 6.69. The average molecular weight is 382 g/mol. The zero-order chi connectivity index (χ0) is 20.4. The second kappa shape index (κ2) is 10.9. The predicted molar refractivity (Wildman–Crippen MR) is 97.3 cm³/mol. The molecule has 9 heteroatoms. The van der Waals surface area contributed by atoms with Crippen LogP contribution < -0.4 is 25.3 Å². The number of nitrogens with one attached hydrogen (secondary N) is 1. The smallest absolute Gasteiger partial charge is 0.326 e. The third-order valence-corrected chi connectivity index (χ3v) is 3.45. The lowest BCUT2D eigenvalue weighted by Crippen LogP contribution is -2.41. The molecule has 1 aromatic rings. The normalized spacial score (nSPS) is 11.4. The van der Waals surface area contributed by atoms with E-state index < -0.39 is 23.8 Å². The van der Waals surface area contributed by atoms with Crippen molar-refractivity contribution in [2.24, 2.45) is 5.73 Å². The van der Waals surface area contributed by atoms with Gasteiger partial charge < -0.3 is 30.4 Å². The van der Waals surface area contributed by atoms with Crippen LogP contribution in [0, 0.1) is 0 Å². The first kappa shape index (κ1) is 22.1. The van der Waals surface area contributed by atoms with Gasteiger partial charge in [0.15, 0.2) is 11.5 Å². The van der Waals surface area contributed by atoms with Crippen molar-refractivity contribution in [2.45, 2.75) is 39.7 Å². The minimum absolute atomic E-state index is 0.107. The highest BCUT2D eigenvalue weighted by molar-refractivity contribution is 5.97. The van der Waals surface area contributed by atoms with Gasteiger partial charge in [-0.25, -0.2) is 4.79 Å². The quantitative estimate of drug-likeness (QED) is 0.496. The summed E-state index contributed by atoms with van der Waals surface area (Å²) in [5, 5.41) is 11.6. The number of nitrogens with two attached hydrogens (primary N) is 1. The first-order valence-electron chi connectivity index (χ1n) is 8.72. The van der Waals surface area contributed by atoms with Gasteiger partial charge in [-0.1, -0.05) is 0 Å². The number of ether oxygens (including phenoxy) is 3. The molecule has 0 spiro atoms. The van der Waals surface area contributed by atoms with Crippen LogP contribution in [0.3, 0.4) is 0 Å². The molecule has 1 rings (SSSR count). The fraction of sp³-hybridized carbons (Fsp3) is 0.500. The number of amides is 2. The Kier molecular flexibility index (Phi) is 8.91. The molecule has 0 fully saturated rings. The van der Waals surface area contributed by atoms with E-state index in [2.05, 4.69) is 5.32 Å². The first-order chi connectivity index (χ1) is 12.8. The number of hydrogen-bond donors (Lipinski definition) is 3. The number of benzene rings is 1. The molecule has 9 nitrogen and oxygen atoms in total. The molecule has 0 aromatic heterocycles. The van der Waals surface area contributed by atoms with Crippen LogP contribution in [0.5, 0.6) is 17.2 Å². The second-order valence-corrected chi connectivity index (χ2v) is 5.47. The molecule has 150 valence electrons. The van der Waals surface area contributed by atoms with Gasteiger partial charge in [-0.05, 0) is 39.3 Å². The number of carboxylic acid groups (broad SMARTS) is 1. The SMILES string of the molecule is CCOc1cc(C(=O)NC(CCC(N)=O)C(=O)O)cc(OCC)c1OCC. The second-order valence-electron chi connectivity index (χ2n) is 5.47. The lowest BCUT2D eigenvalue weighted by molar-refractivity contribution is -0.139. The highest BCUT2D eigenvalue weighted by Crippen LogP contribution is 2.39. The van der Waals surface area contributed by atoms with E-state index in [0.717, 1.165) is 0 Å². The van der Waals surface area contributed by atoms with Crippen molar-refractivity contribution < 1.29 is 33.7 Å². The van der Waals surface area contributed by atoms with Crippen LogP contribution >= 0.6 is 0 Å². The van der Waals surface area contributed by atoms with Crippen molar-refractivity contribution >= 4 is 17.8 Å². The molecule has 0 saturated carbocycles. The molecule has 0 saturated heterocycles. The summed E-state index contributed by atoms with van der Waals surface area (Å²) in [5.74, 6) is -1.53. The van der Waals surface area contributed by atoms with Gasteiger partial charge in [0, 0.05) is 12.0 Å². The molecule has 1 unspecified atom stereocenters. The summed E-state index contributed by atoms with van der Waals surface area (Å²) in [5.41, 5.74) is 5.19. The Morgan fingerprint density at radius 1 is 1.04 bits per heavy atom. The Bertz CT molecular complexity index is 649. The summed E-state index contributed by atoms with van der Waals surface area (Å²) in [6, 6.07) is 1.67. The zero-order valence-electron chi connectivity index (χ0n) is 15.7. The van der Waals surface area contributed by atoms with Gasteiger partial charge in [0.25, 0.3) is 5.91 Å². The maximum Gasteiger partial charge on any atom is 0.326 e. The Hall–Kier alpha value is -2.97. The van der Waals surface area contributed by atoms with Gasteiger partial charge in [0.1, 0.15) is 6.04 Å². The highest BCUT2D eigenvalue weighted by Gasteiger charge is 2.24. The van der Waals surface area contributed by atoms with Crippen molar-refractivity contribution in [1.29, 1.82) is 0 Å². The van der Waals surface area contributed by atoms with E-state index in [9.17, 15) is 19.5 Å². The average Bonchev–Trinajstić information content (AvgIpc) is 2.60. The molecule has 4 N–H and O–H groups in total. The van der Waals surface area contributed by atoms with Crippen molar-refractivity contribution in [3.63, 3.8) is 0 Å². The number of carboxylic acids is 1. The first-order valence-corrected chi connectivity index (χ1v) is 8.72. The maximum atomic E-state index is 12.5. The van der Waals surface area contributed by atoms with E-state index in [0.29, 0.717) is 37.1 Å². The van der Waals surface area contributed by atoms with Crippen LogP contribution in [0.2, 0.25) is 0 Å². The molecule has 0 bridgehead atoms. The van der Waals surface area contributed by atoms with Crippen LogP contribution in [0.1, 0.15) is 44.0 Å². The van der Waals surface area contributed by atoms with Crippen molar-refractivity contribution in [2.75, 3.05) is 19.8 Å². The van der Waals surface area contributed by atoms with Crippen LogP contribution in [-0.2, 0) is 9.59 Å². The van der Waals surface area contributed by atoms with Crippen LogP contribution in [0.15, 0.2) is 12.1 Å². The molecule has 0 aliphatic carbocycles. The number of carbonyl (C=O) groups excluding carboxylic acids is 2. The summed E-state index contributed by atoms with van der Waals surface area (Å²) >= 11 is 0. The van der Waals surface area contributed by atoms with E-state index in [1.54, 1.807) is 13.8 Å². The van der Waals surface area contributed by atoms with Gasteiger partial charge >= 0.3 is 5.97 Å². The molecule has 0 aliphatic heterocycles. The minimum Gasteiger partial charge on any atom is -0.490 e. The Morgan fingerprint density at radius 2 is 1.56 bits per heavy atom. The van der Waals surface area contributed by atoms with Gasteiger partial charge in [0.2, 0.25) is 11.7 Å². The predicted octanol–water partition coefficient (Wildman–Crippen LogP) is 1.33. The summed E-state index contributed by atoms with van der Waals surface area (Å²) in [7, 11) is 0. The van der Waals surface area contributed by atoms with E-state index >= 15 is 0 Å². The molecule has 27 heavy (non-hydrogen) atoms. The van der Waals surface area contributed by atoms with Gasteiger partial charge in [0.05, 0.1) is 19.8 Å². The monoisotopic (exact) mass is 382 g/mol. The van der Waals surface area contributed by atoms with E-state index in [4.69, 9.17) is 19.9 Å². The van der Waals surface area contributed by atoms with Crippen molar-refractivity contribution in [3.8, 4) is 17.2 Å². The summed E-state index contributed by atoms with van der Waals surface area (Å²) in [6.07, 6.45) is -0.265. The standard InChI is InChI=1S/C18H26N2O7/c1-4-25-13-9-11(10-14(26-5-2)16(13)27-6-3)17(22)20-12(18(23)24)7-8-15(19)21/h9-10,12H,4-8H2,1-3H3,(H2,19,21)(H,20,22)(H,23,24). The molecular formula is C18H26N2O7. The zero-order valence-corrected chi connectivity index (χ0v) is 15.7. The Morgan fingerprint density at radius 3 is 1.96 bits per heavy atom. The fourth-order valence-corrected chi connectivity index (χ4v) is 2.31. The lowest BCUT2D eigenvalue weighted by atomic mass is 10.1. The number of hydrogen-bond acceptors (Lipinski definition) is 6. The largest absolute Gasteiger partial charge is 0.490 e. The summed E-state index contributed by atoms with van der Waals surface area (Å²) in [6.45, 7) is 6.43. The highest BCUT2D eigenvalue weighted by atomic mass is 16.5. The number of carbonyl (C=O) groups is 3. The van der Waals surface area contributed by atoms with Crippen LogP contribution in [0.25, 0.3) is 0 Å². The molecule has 2 amide bonds. The minimum atomic E-state index is -1.26. The summed E-state index contributed by atoms with van der Waals surface area (Å²) < 4.78 is 16.6.